The van der Waals surface area contributed by atoms with Crippen LogP contribution in [0.1, 0.15) is 10.6 Å². The van der Waals surface area contributed by atoms with Crippen molar-refractivity contribution in [1.29, 1.82) is 0 Å². The zero-order valence-electron chi connectivity index (χ0n) is 12.7. The molecule has 0 amide bonds. The summed E-state index contributed by atoms with van der Waals surface area (Å²) in [6, 6.07) is 13.4. The Kier molecular flexibility index (Phi) is 6.14. The fourth-order valence-electron chi connectivity index (χ4n) is 2.36. The Morgan fingerprint density at radius 3 is 2.50 bits per heavy atom. The lowest BCUT2D eigenvalue weighted by atomic mass is 10.1. The Hall–Kier alpha value is -1.10. The normalized spacial score (nSPS) is 11.0. The molecule has 1 heterocycles. The average Bonchev–Trinajstić information content (AvgIpc) is 3.00. The molecular weight excluding hydrogens is 383 g/mol. The van der Waals surface area contributed by atoms with Crippen LogP contribution in [0.5, 0.6) is 0 Å². The van der Waals surface area contributed by atoms with Crippen LogP contribution in [0.25, 0.3) is 10.4 Å². The second kappa shape index (κ2) is 8.32. The molecule has 1 N–H and O–H groups in total. The Balaban J connectivity index is 1.57. The predicted molar refractivity (Wildman–Crippen MR) is 104 cm³/mol. The highest BCUT2D eigenvalue weighted by Gasteiger charge is 2.11. The van der Waals surface area contributed by atoms with E-state index in [1.54, 1.807) is 11.3 Å². The van der Waals surface area contributed by atoms with Crippen molar-refractivity contribution in [3.8, 4) is 10.4 Å². The summed E-state index contributed by atoms with van der Waals surface area (Å²) < 4.78 is 0. The predicted octanol–water partition coefficient (Wildman–Crippen LogP) is 6.10. The van der Waals surface area contributed by atoms with Crippen LogP contribution < -0.4 is 5.32 Å². The van der Waals surface area contributed by atoms with Gasteiger partial charge >= 0.3 is 0 Å². The van der Waals surface area contributed by atoms with Gasteiger partial charge in [0, 0.05) is 23.3 Å². The van der Waals surface area contributed by atoms with Crippen LogP contribution in [0.15, 0.2) is 48.7 Å². The molecule has 2 nitrogen and oxygen atoms in total. The van der Waals surface area contributed by atoms with Crippen LogP contribution >= 0.6 is 46.1 Å². The number of aromatic nitrogens is 1. The third-order valence-electron chi connectivity index (χ3n) is 3.52. The minimum Gasteiger partial charge on any atom is -0.310 e. The summed E-state index contributed by atoms with van der Waals surface area (Å²) in [6.07, 6.45) is 2.75. The second-order valence-electron chi connectivity index (χ2n) is 5.27. The third kappa shape index (κ3) is 4.50. The van der Waals surface area contributed by atoms with Crippen LogP contribution in [0, 0.1) is 0 Å². The quantitative estimate of drug-likeness (QED) is 0.508. The fourth-order valence-corrected chi connectivity index (χ4v) is 4.25. The van der Waals surface area contributed by atoms with Gasteiger partial charge in [0.2, 0.25) is 0 Å². The van der Waals surface area contributed by atoms with Crippen molar-refractivity contribution in [1.82, 2.24) is 10.3 Å². The van der Waals surface area contributed by atoms with Crippen molar-refractivity contribution >= 4 is 46.1 Å². The van der Waals surface area contributed by atoms with Gasteiger partial charge in [0.1, 0.15) is 5.01 Å². The van der Waals surface area contributed by atoms with Gasteiger partial charge in [-0.1, -0.05) is 53.0 Å². The molecule has 0 aliphatic carbocycles. The van der Waals surface area contributed by atoms with E-state index in [2.05, 4.69) is 16.4 Å². The zero-order chi connectivity index (χ0) is 16.9. The molecule has 124 valence electrons. The van der Waals surface area contributed by atoms with Gasteiger partial charge in [-0.05, 0) is 42.8 Å². The molecule has 0 aliphatic heterocycles. The Morgan fingerprint density at radius 1 is 1.00 bits per heavy atom. The van der Waals surface area contributed by atoms with Crippen molar-refractivity contribution in [2.45, 2.75) is 13.0 Å². The minimum atomic E-state index is 0.645. The van der Waals surface area contributed by atoms with E-state index in [1.807, 2.05) is 42.6 Å². The van der Waals surface area contributed by atoms with Crippen molar-refractivity contribution in [2.24, 2.45) is 0 Å². The van der Waals surface area contributed by atoms with Crippen LogP contribution in [0.3, 0.4) is 0 Å². The Labute approximate surface area is 160 Å². The van der Waals surface area contributed by atoms with Crippen molar-refractivity contribution < 1.29 is 0 Å². The molecule has 2 aromatic carbocycles. The van der Waals surface area contributed by atoms with E-state index in [0.29, 0.717) is 16.6 Å². The molecular formula is C18H15Cl3N2S. The number of halogens is 3. The molecule has 0 fully saturated rings. The number of hydrogen-bond acceptors (Lipinski definition) is 3. The zero-order valence-corrected chi connectivity index (χ0v) is 15.8. The first-order chi connectivity index (χ1) is 11.6. The van der Waals surface area contributed by atoms with Gasteiger partial charge in [-0.3, -0.25) is 0 Å². The summed E-state index contributed by atoms with van der Waals surface area (Å²) in [6.45, 7) is 1.58. The monoisotopic (exact) mass is 396 g/mol. The number of nitrogens with zero attached hydrogens (tertiary/aromatic N) is 1. The summed E-state index contributed by atoms with van der Waals surface area (Å²) >= 11 is 20.1. The molecule has 0 spiro atoms. The SMILES string of the molecule is Clc1cccc(CCNCc2ncc(-c3c(Cl)cccc3Cl)s2)c1. The summed E-state index contributed by atoms with van der Waals surface area (Å²) in [7, 11) is 0. The molecule has 6 heteroatoms. The van der Waals surface area contributed by atoms with E-state index < -0.39 is 0 Å². The lowest BCUT2D eigenvalue weighted by Gasteiger charge is -2.04. The number of rotatable bonds is 6. The maximum absolute atomic E-state index is 6.25. The highest BCUT2D eigenvalue weighted by atomic mass is 35.5. The standard InChI is InChI=1S/C18H15Cl3N2S/c19-13-4-1-3-12(9-13)7-8-22-11-17-23-10-16(24-17)18-14(20)5-2-6-15(18)21/h1-6,9-10,22H,7-8,11H2. The van der Waals surface area contributed by atoms with E-state index in [1.165, 1.54) is 5.56 Å². The van der Waals surface area contributed by atoms with Crippen LogP contribution in [0.4, 0.5) is 0 Å². The van der Waals surface area contributed by atoms with Crippen LogP contribution in [-0.2, 0) is 13.0 Å². The molecule has 0 unspecified atom stereocenters. The molecule has 0 radical (unpaired) electrons. The van der Waals surface area contributed by atoms with Gasteiger partial charge in [-0.25, -0.2) is 4.98 Å². The molecule has 0 bridgehead atoms. The first-order valence-corrected chi connectivity index (χ1v) is 9.43. The fraction of sp³-hybridized carbons (Fsp3) is 0.167. The van der Waals surface area contributed by atoms with E-state index in [0.717, 1.165) is 33.4 Å². The molecule has 3 aromatic rings. The molecule has 24 heavy (non-hydrogen) atoms. The van der Waals surface area contributed by atoms with Crippen LogP contribution in [-0.4, -0.2) is 11.5 Å². The van der Waals surface area contributed by atoms with Gasteiger partial charge < -0.3 is 5.32 Å². The lowest BCUT2D eigenvalue weighted by molar-refractivity contribution is 0.684. The van der Waals surface area contributed by atoms with Gasteiger partial charge in [-0.2, -0.15) is 0 Å². The van der Waals surface area contributed by atoms with Gasteiger partial charge in [0.25, 0.3) is 0 Å². The van der Waals surface area contributed by atoms with Crippen molar-refractivity contribution in [3.05, 3.63) is 74.3 Å². The number of benzene rings is 2. The van der Waals surface area contributed by atoms with E-state index in [-0.39, 0.29) is 0 Å². The Morgan fingerprint density at radius 2 is 1.75 bits per heavy atom. The number of nitrogens with one attached hydrogen (secondary N) is 1. The smallest absolute Gasteiger partial charge is 0.107 e. The van der Waals surface area contributed by atoms with E-state index in [4.69, 9.17) is 34.8 Å². The Bertz CT molecular complexity index is 812. The molecule has 3 rings (SSSR count). The third-order valence-corrected chi connectivity index (χ3v) is 5.40. The highest BCUT2D eigenvalue weighted by molar-refractivity contribution is 7.15. The molecule has 0 saturated carbocycles. The largest absolute Gasteiger partial charge is 0.310 e. The average molecular weight is 398 g/mol. The van der Waals surface area contributed by atoms with Crippen molar-refractivity contribution in [2.75, 3.05) is 6.54 Å². The van der Waals surface area contributed by atoms with Gasteiger partial charge in [0.05, 0.1) is 14.9 Å². The van der Waals surface area contributed by atoms with Gasteiger partial charge in [-0.15, -0.1) is 11.3 Å². The number of hydrogen-bond donors (Lipinski definition) is 1. The molecule has 0 atom stereocenters. The van der Waals surface area contributed by atoms with E-state index >= 15 is 0 Å². The topological polar surface area (TPSA) is 24.9 Å². The number of thiazole rings is 1. The summed E-state index contributed by atoms with van der Waals surface area (Å²) in [5.41, 5.74) is 2.07. The molecule has 0 aliphatic rings. The maximum Gasteiger partial charge on any atom is 0.107 e. The lowest BCUT2D eigenvalue weighted by Crippen LogP contribution is -2.16. The first-order valence-electron chi connectivity index (χ1n) is 7.48. The molecule has 1 aromatic heterocycles. The summed E-state index contributed by atoms with van der Waals surface area (Å²) in [5, 5.41) is 6.47. The second-order valence-corrected chi connectivity index (χ2v) is 7.64. The minimum absolute atomic E-state index is 0.645. The van der Waals surface area contributed by atoms with Gasteiger partial charge in [0.15, 0.2) is 0 Å². The summed E-state index contributed by atoms with van der Waals surface area (Å²) in [5.74, 6) is 0. The first kappa shape index (κ1) is 17.7. The maximum atomic E-state index is 6.25. The van der Waals surface area contributed by atoms with Crippen molar-refractivity contribution in [3.63, 3.8) is 0 Å². The summed E-state index contributed by atoms with van der Waals surface area (Å²) in [4.78, 5) is 5.43. The highest BCUT2D eigenvalue weighted by Crippen LogP contribution is 2.37. The van der Waals surface area contributed by atoms with E-state index in [9.17, 15) is 0 Å². The van der Waals surface area contributed by atoms with Crippen LogP contribution in [0.2, 0.25) is 15.1 Å². The molecule has 0 saturated heterocycles.